The fraction of sp³-hybridized carbons (Fsp3) is 0.429. The first-order valence-corrected chi connectivity index (χ1v) is 6.62. The second-order valence-electron chi connectivity index (χ2n) is 4.93. The lowest BCUT2D eigenvalue weighted by atomic mass is 10.0. The van der Waals surface area contributed by atoms with Crippen LogP contribution in [0.4, 0.5) is 0 Å². The molecule has 0 bridgehead atoms. The van der Waals surface area contributed by atoms with Crippen LogP contribution in [-0.2, 0) is 6.42 Å². The molecular weight excluding hydrogens is 258 g/mol. The van der Waals surface area contributed by atoms with E-state index in [1.54, 1.807) is 12.1 Å². The highest BCUT2D eigenvalue weighted by molar-refractivity contribution is 5.93. The molecule has 1 aromatic carbocycles. The molecule has 0 radical (unpaired) electrons. The minimum absolute atomic E-state index is 0.0487. The number of aliphatic hydroxyl groups is 1. The summed E-state index contributed by atoms with van der Waals surface area (Å²) in [5.41, 5.74) is 6.39. The van der Waals surface area contributed by atoms with Crippen LogP contribution in [0.15, 0.2) is 23.2 Å². The Morgan fingerprint density at radius 3 is 2.85 bits per heavy atom. The van der Waals surface area contributed by atoms with Gasteiger partial charge in [-0.15, -0.1) is 0 Å². The fourth-order valence-corrected chi connectivity index (χ4v) is 2.16. The minimum Gasteiger partial charge on any atom is -0.508 e. The number of amidine groups is 1. The Bertz CT molecular complexity index is 528. The number of carbonyl (C=O) groups excluding carboxylic acids is 1. The minimum atomic E-state index is -0.547. The second-order valence-corrected chi connectivity index (χ2v) is 4.93. The highest BCUT2D eigenvalue weighted by Gasteiger charge is 2.11. The van der Waals surface area contributed by atoms with Gasteiger partial charge in [-0.3, -0.25) is 9.79 Å². The summed E-state index contributed by atoms with van der Waals surface area (Å²) in [6.07, 6.45) is 1.93. The number of benzene rings is 1. The monoisotopic (exact) mass is 277 g/mol. The van der Waals surface area contributed by atoms with E-state index < -0.39 is 12.0 Å². The number of hydrogen-bond donors (Lipinski definition) is 4. The van der Waals surface area contributed by atoms with Crippen LogP contribution in [0.2, 0.25) is 0 Å². The summed E-state index contributed by atoms with van der Waals surface area (Å²) in [7, 11) is 0. The van der Waals surface area contributed by atoms with Gasteiger partial charge < -0.3 is 21.3 Å². The molecule has 2 rings (SSSR count). The van der Waals surface area contributed by atoms with Crippen LogP contribution < -0.4 is 11.1 Å². The van der Waals surface area contributed by atoms with E-state index in [0.29, 0.717) is 18.7 Å². The lowest BCUT2D eigenvalue weighted by Gasteiger charge is -2.18. The number of aliphatic imine (C=N–C) groups is 1. The van der Waals surface area contributed by atoms with Gasteiger partial charge in [0.05, 0.1) is 18.5 Å². The van der Waals surface area contributed by atoms with Crippen molar-refractivity contribution >= 4 is 11.7 Å². The molecule has 0 saturated carbocycles. The van der Waals surface area contributed by atoms with Crippen LogP contribution in [0.5, 0.6) is 5.75 Å². The smallest absolute Gasteiger partial charge is 0.248 e. The van der Waals surface area contributed by atoms with E-state index in [2.05, 4.69) is 10.3 Å². The molecule has 6 nitrogen and oxygen atoms in total. The zero-order valence-corrected chi connectivity index (χ0v) is 11.2. The highest BCUT2D eigenvalue weighted by atomic mass is 16.3. The van der Waals surface area contributed by atoms with E-state index in [4.69, 9.17) is 5.73 Å². The van der Waals surface area contributed by atoms with Crippen molar-refractivity contribution in [2.24, 2.45) is 10.7 Å². The largest absolute Gasteiger partial charge is 0.508 e. The number of amides is 1. The zero-order chi connectivity index (χ0) is 14.5. The number of primary amides is 1. The number of aliphatic hydroxyl groups excluding tert-OH is 1. The van der Waals surface area contributed by atoms with Crippen LogP contribution >= 0.6 is 0 Å². The number of β-amino-alcohol motifs (C(OH)–C–C–N with tert-alkyl or cyclic N) is 1. The molecule has 0 aromatic heterocycles. The van der Waals surface area contributed by atoms with Gasteiger partial charge in [0.2, 0.25) is 5.91 Å². The van der Waals surface area contributed by atoms with Crippen LogP contribution in [0.25, 0.3) is 0 Å². The van der Waals surface area contributed by atoms with E-state index >= 15 is 0 Å². The third-order valence-corrected chi connectivity index (χ3v) is 3.18. The Hall–Kier alpha value is -2.08. The van der Waals surface area contributed by atoms with Crippen molar-refractivity contribution in [2.45, 2.75) is 25.4 Å². The first-order valence-electron chi connectivity index (χ1n) is 6.62. The summed E-state index contributed by atoms with van der Waals surface area (Å²) in [6, 6.07) is 4.69. The van der Waals surface area contributed by atoms with Crippen LogP contribution in [0.3, 0.4) is 0 Å². The maximum Gasteiger partial charge on any atom is 0.248 e. The van der Waals surface area contributed by atoms with Gasteiger partial charge in [0.1, 0.15) is 5.75 Å². The Morgan fingerprint density at radius 2 is 2.20 bits per heavy atom. The normalized spacial score (nSPS) is 18.2. The van der Waals surface area contributed by atoms with Gasteiger partial charge in [0.25, 0.3) is 0 Å². The standard InChI is InChI=1S/C14H19N3O3/c15-14(20)10-4-9(5-11(18)6-10)2-1-3-13-16-7-12(19)8-17-13/h4-6,12,18-19H,1-3,7-8H2,(H2,15,20)(H,16,17). The van der Waals surface area contributed by atoms with Crippen LogP contribution in [0, 0.1) is 0 Å². The zero-order valence-electron chi connectivity index (χ0n) is 11.2. The average Bonchev–Trinajstić information content (AvgIpc) is 2.40. The number of hydrogen-bond acceptors (Lipinski definition) is 5. The van der Waals surface area contributed by atoms with Crippen LogP contribution in [0.1, 0.15) is 28.8 Å². The summed E-state index contributed by atoms with van der Waals surface area (Å²) in [6.45, 7) is 0.983. The number of rotatable bonds is 5. The van der Waals surface area contributed by atoms with Crippen molar-refractivity contribution in [3.8, 4) is 5.75 Å². The van der Waals surface area contributed by atoms with E-state index in [1.165, 1.54) is 6.07 Å². The van der Waals surface area contributed by atoms with Crippen molar-refractivity contribution in [3.05, 3.63) is 29.3 Å². The molecule has 0 aliphatic carbocycles. The summed E-state index contributed by atoms with van der Waals surface area (Å²) >= 11 is 0. The maximum atomic E-state index is 11.1. The molecule has 0 fully saturated rings. The summed E-state index contributed by atoms with van der Waals surface area (Å²) in [4.78, 5) is 15.4. The predicted octanol–water partition coefficient (Wildman–Crippen LogP) is 0.176. The van der Waals surface area contributed by atoms with Gasteiger partial charge in [0, 0.05) is 18.5 Å². The number of carbonyl (C=O) groups is 1. The molecule has 20 heavy (non-hydrogen) atoms. The molecule has 108 valence electrons. The lowest BCUT2D eigenvalue weighted by Crippen LogP contribution is -2.38. The second kappa shape index (κ2) is 6.38. The maximum absolute atomic E-state index is 11.1. The highest BCUT2D eigenvalue weighted by Crippen LogP contribution is 2.17. The van der Waals surface area contributed by atoms with Crippen molar-refractivity contribution in [3.63, 3.8) is 0 Å². The molecule has 1 atom stereocenters. The van der Waals surface area contributed by atoms with Gasteiger partial charge in [-0.25, -0.2) is 0 Å². The summed E-state index contributed by atoms with van der Waals surface area (Å²) in [5, 5.41) is 21.9. The topological polar surface area (TPSA) is 108 Å². The Kier molecular flexibility index (Phi) is 4.57. The Balaban J connectivity index is 1.89. The first-order chi connectivity index (χ1) is 9.54. The molecule has 1 aliphatic heterocycles. The van der Waals surface area contributed by atoms with Crippen molar-refractivity contribution < 1.29 is 15.0 Å². The number of nitrogens with one attached hydrogen (secondary N) is 1. The van der Waals surface area contributed by atoms with E-state index in [0.717, 1.165) is 30.7 Å². The third-order valence-electron chi connectivity index (χ3n) is 3.18. The third kappa shape index (κ3) is 3.96. The van der Waals surface area contributed by atoms with Gasteiger partial charge in [-0.05, 0) is 36.6 Å². The predicted molar refractivity (Wildman–Crippen MR) is 75.9 cm³/mol. The molecule has 6 heteroatoms. The fourth-order valence-electron chi connectivity index (χ4n) is 2.16. The number of phenols is 1. The van der Waals surface area contributed by atoms with Crippen LogP contribution in [-0.4, -0.2) is 41.1 Å². The Labute approximate surface area is 117 Å². The molecular formula is C14H19N3O3. The number of phenolic OH excluding ortho intramolecular Hbond substituents is 1. The van der Waals surface area contributed by atoms with E-state index in [9.17, 15) is 15.0 Å². The molecule has 5 N–H and O–H groups in total. The quantitative estimate of drug-likeness (QED) is 0.615. The number of aromatic hydroxyl groups is 1. The molecule has 0 spiro atoms. The molecule has 1 unspecified atom stereocenters. The number of aryl methyl sites for hydroxylation is 1. The summed E-state index contributed by atoms with van der Waals surface area (Å²) in [5.74, 6) is 0.396. The summed E-state index contributed by atoms with van der Waals surface area (Å²) < 4.78 is 0. The Morgan fingerprint density at radius 1 is 1.40 bits per heavy atom. The van der Waals surface area contributed by atoms with Gasteiger partial charge in [-0.1, -0.05) is 0 Å². The lowest BCUT2D eigenvalue weighted by molar-refractivity contribution is 0.1000. The van der Waals surface area contributed by atoms with Crippen molar-refractivity contribution in [1.82, 2.24) is 5.32 Å². The molecule has 0 saturated heterocycles. The molecule has 1 heterocycles. The van der Waals surface area contributed by atoms with E-state index in [-0.39, 0.29) is 5.75 Å². The number of nitrogens with zero attached hydrogens (tertiary/aromatic N) is 1. The SMILES string of the molecule is NC(=O)c1cc(O)cc(CCCC2=NCC(O)CN2)c1. The van der Waals surface area contributed by atoms with Gasteiger partial charge in [0.15, 0.2) is 0 Å². The number of nitrogens with two attached hydrogens (primary N) is 1. The van der Waals surface area contributed by atoms with E-state index in [1.807, 2.05) is 0 Å². The molecule has 1 aliphatic rings. The first kappa shape index (κ1) is 14.3. The van der Waals surface area contributed by atoms with Gasteiger partial charge >= 0.3 is 0 Å². The molecule has 1 amide bonds. The van der Waals surface area contributed by atoms with Crippen molar-refractivity contribution in [2.75, 3.05) is 13.1 Å². The molecule has 1 aromatic rings. The van der Waals surface area contributed by atoms with Gasteiger partial charge in [-0.2, -0.15) is 0 Å². The average molecular weight is 277 g/mol. The van der Waals surface area contributed by atoms with Crippen molar-refractivity contribution in [1.29, 1.82) is 0 Å².